The van der Waals surface area contributed by atoms with Crippen molar-refractivity contribution in [2.75, 3.05) is 7.05 Å². The van der Waals surface area contributed by atoms with Gasteiger partial charge in [-0.3, -0.25) is 4.79 Å². The standard InChI is InChI=1S/C15H13BrFNO2/c1-18(9-10-3-2-4-12(19)7-10)15(20)13-8-11(16)5-6-14(13)17/h2-8,19H,9H2,1H3. The van der Waals surface area contributed by atoms with Crippen molar-refractivity contribution in [3.05, 3.63) is 63.9 Å². The van der Waals surface area contributed by atoms with E-state index in [2.05, 4.69) is 15.9 Å². The van der Waals surface area contributed by atoms with E-state index in [4.69, 9.17) is 0 Å². The zero-order valence-corrected chi connectivity index (χ0v) is 12.4. The Kier molecular flexibility index (Phi) is 4.39. The fourth-order valence-electron chi connectivity index (χ4n) is 1.87. The highest BCUT2D eigenvalue weighted by atomic mass is 79.9. The molecule has 2 aromatic rings. The van der Waals surface area contributed by atoms with Crippen molar-refractivity contribution in [2.45, 2.75) is 6.54 Å². The van der Waals surface area contributed by atoms with Gasteiger partial charge < -0.3 is 10.0 Å². The summed E-state index contributed by atoms with van der Waals surface area (Å²) in [7, 11) is 1.59. The van der Waals surface area contributed by atoms with Crippen molar-refractivity contribution in [1.29, 1.82) is 0 Å². The minimum absolute atomic E-state index is 0.0158. The average molecular weight is 338 g/mol. The molecule has 1 amide bonds. The van der Waals surface area contributed by atoms with Crippen LogP contribution in [0.2, 0.25) is 0 Å². The van der Waals surface area contributed by atoms with Crippen LogP contribution in [0.5, 0.6) is 5.75 Å². The first-order valence-corrected chi connectivity index (χ1v) is 6.75. The lowest BCUT2D eigenvalue weighted by molar-refractivity contribution is 0.0780. The molecule has 2 rings (SSSR count). The molecule has 1 N–H and O–H groups in total. The fraction of sp³-hybridized carbons (Fsp3) is 0.133. The summed E-state index contributed by atoms with van der Waals surface area (Å²) in [5.74, 6) is -0.829. The van der Waals surface area contributed by atoms with Gasteiger partial charge in [0.1, 0.15) is 11.6 Å². The molecule has 0 aliphatic heterocycles. The molecule has 0 saturated carbocycles. The van der Waals surface area contributed by atoms with E-state index < -0.39 is 11.7 Å². The van der Waals surface area contributed by atoms with E-state index >= 15 is 0 Å². The molecule has 0 aliphatic rings. The van der Waals surface area contributed by atoms with Gasteiger partial charge in [-0.15, -0.1) is 0 Å². The molecule has 3 nitrogen and oxygen atoms in total. The molecular weight excluding hydrogens is 325 g/mol. The fourth-order valence-corrected chi connectivity index (χ4v) is 2.23. The molecule has 0 aromatic heterocycles. The highest BCUT2D eigenvalue weighted by molar-refractivity contribution is 9.10. The minimum Gasteiger partial charge on any atom is -0.508 e. The Hall–Kier alpha value is -1.88. The molecule has 104 valence electrons. The van der Waals surface area contributed by atoms with E-state index in [0.717, 1.165) is 5.56 Å². The molecule has 0 radical (unpaired) electrons. The van der Waals surface area contributed by atoms with Gasteiger partial charge in [0, 0.05) is 18.1 Å². The van der Waals surface area contributed by atoms with Crippen molar-refractivity contribution in [1.82, 2.24) is 4.90 Å². The molecule has 0 aliphatic carbocycles. The maximum Gasteiger partial charge on any atom is 0.256 e. The molecule has 0 heterocycles. The second kappa shape index (κ2) is 6.05. The first-order valence-electron chi connectivity index (χ1n) is 5.96. The summed E-state index contributed by atoms with van der Waals surface area (Å²) < 4.78 is 14.3. The normalized spacial score (nSPS) is 10.3. The second-order valence-electron chi connectivity index (χ2n) is 4.46. The van der Waals surface area contributed by atoms with E-state index in [1.165, 1.54) is 17.0 Å². The molecule has 0 saturated heterocycles. The Morgan fingerprint density at radius 1 is 1.30 bits per heavy atom. The third kappa shape index (κ3) is 3.36. The lowest BCUT2D eigenvalue weighted by atomic mass is 10.1. The molecule has 2 aromatic carbocycles. The van der Waals surface area contributed by atoms with Gasteiger partial charge in [-0.1, -0.05) is 28.1 Å². The number of halogens is 2. The van der Waals surface area contributed by atoms with Crippen LogP contribution in [0.15, 0.2) is 46.9 Å². The van der Waals surface area contributed by atoms with Gasteiger partial charge in [0.05, 0.1) is 5.56 Å². The summed E-state index contributed by atoms with van der Waals surface area (Å²) in [6.45, 7) is 0.291. The number of hydrogen-bond acceptors (Lipinski definition) is 2. The quantitative estimate of drug-likeness (QED) is 0.930. The van der Waals surface area contributed by atoms with Crippen molar-refractivity contribution in [3.63, 3.8) is 0 Å². The second-order valence-corrected chi connectivity index (χ2v) is 5.37. The molecule has 5 heteroatoms. The lowest BCUT2D eigenvalue weighted by Crippen LogP contribution is -2.27. The van der Waals surface area contributed by atoms with Gasteiger partial charge in [-0.05, 0) is 35.9 Å². The van der Waals surface area contributed by atoms with Crippen LogP contribution < -0.4 is 0 Å². The molecule has 0 bridgehead atoms. The van der Waals surface area contributed by atoms with Gasteiger partial charge in [0.15, 0.2) is 0 Å². The average Bonchev–Trinajstić information content (AvgIpc) is 2.40. The van der Waals surface area contributed by atoms with Gasteiger partial charge in [-0.2, -0.15) is 0 Å². The number of nitrogens with zero attached hydrogens (tertiary/aromatic N) is 1. The zero-order valence-electron chi connectivity index (χ0n) is 10.8. The molecule has 0 spiro atoms. The number of aromatic hydroxyl groups is 1. The number of phenols is 1. The molecule has 0 fully saturated rings. The van der Waals surface area contributed by atoms with Crippen LogP contribution in [0.25, 0.3) is 0 Å². The number of carbonyl (C=O) groups excluding carboxylic acids is 1. The van der Waals surface area contributed by atoms with Crippen molar-refractivity contribution >= 4 is 21.8 Å². The van der Waals surface area contributed by atoms with Gasteiger partial charge in [-0.25, -0.2) is 4.39 Å². The van der Waals surface area contributed by atoms with E-state index in [1.807, 2.05) is 0 Å². The smallest absolute Gasteiger partial charge is 0.256 e. The number of rotatable bonds is 3. The number of phenolic OH excluding ortho intramolecular Hbond substituents is 1. The number of hydrogen-bond donors (Lipinski definition) is 1. The summed E-state index contributed by atoms with van der Waals surface area (Å²) in [6.07, 6.45) is 0. The highest BCUT2D eigenvalue weighted by Crippen LogP contribution is 2.18. The van der Waals surface area contributed by atoms with Crippen LogP contribution in [0.4, 0.5) is 4.39 Å². The zero-order chi connectivity index (χ0) is 14.7. The Morgan fingerprint density at radius 3 is 2.75 bits per heavy atom. The van der Waals surface area contributed by atoms with Crippen molar-refractivity contribution in [2.24, 2.45) is 0 Å². The van der Waals surface area contributed by atoms with Crippen LogP contribution in [-0.2, 0) is 6.54 Å². The van der Waals surface area contributed by atoms with Crippen molar-refractivity contribution < 1.29 is 14.3 Å². The Bertz CT molecular complexity index is 646. The summed E-state index contributed by atoms with van der Waals surface area (Å²) >= 11 is 3.22. The van der Waals surface area contributed by atoms with Crippen LogP contribution in [0.3, 0.4) is 0 Å². The highest BCUT2D eigenvalue weighted by Gasteiger charge is 2.16. The predicted octanol–water partition coefficient (Wildman–Crippen LogP) is 3.57. The topological polar surface area (TPSA) is 40.5 Å². The minimum atomic E-state index is -0.555. The summed E-state index contributed by atoms with van der Waals surface area (Å²) in [5, 5.41) is 9.39. The van der Waals surface area contributed by atoms with Gasteiger partial charge in [0.2, 0.25) is 0 Å². The van der Waals surface area contributed by atoms with E-state index in [1.54, 1.807) is 37.4 Å². The SMILES string of the molecule is CN(Cc1cccc(O)c1)C(=O)c1cc(Br)ccc1F. The Morgan fingerprint density at radius 2 is 2.05 bits per heavy atom. The van der Waals surface area contributed by atoms with Crippen LogP contribution in [-0.4, -0.2) is 23.0 Å². The van der Waals surface area contributed by atoms with Crippen molar-refractivity contribution in [3.8, 4) is 5.75 Å². The van der Waals surface area contributed by atoms with Crippen LogP contribution >= 0.6 is 15.9 Å². The number of benzene rings is 2. The largest absolute Gasteiger partial charge is 0.508 e. The van der Waals surface area contributed by atoms with E-state index in [9.17, 15) is 14.3 Å². The molecule has 0 unspecified atom stereocenters. The van der Waals surface area contributed by atoms with E-state index in [-0.39, 0.29) is 11.3 Å². The lowest BCUT2D eigenvalue weighted by Gasteiger charge is -2.18. The monoisotopic (exact) mass is 337 g/mol. The third-order valence-electron chi connectivity index (χ3n) is 2.84. The Labute approximate surface area is 124 Å². The maximum absolute atomic E-state index is 13.7. The van der Waals surface area contributed by atoms with Crippen LogP contribution in [0.1, 0.15) is 15.9 Å². The first kappa shape index (κ1) is 14.5. The summed E-state index contributed by atoms with van der Waals surface area (Å²) in [4.78, 5) is 13.6. The predicted molar refractivity (Wildman–Crippen MR) is 78.0 cm³/mol. The summed E-state index contributed by atoms with van der Waals surface area (Å²) in [5.41, 5.74) is 0.790. The summed E-state index contributed by atoms with van der Waals surface area (Å²) in [6, 6.07) is 10.9. The number of carbonyl (C=O) groups is 1. The Balaban J connectivity index is 2.18. The number of amides is 1. The molecule has 0 atom stereocenters. The van der Waals surface area contributed by atoms with Gasteiger partial charge >= 0.3 is 0 Å². The maximum atomic E-state index is 13.7. The van der Waals surface area contributed by atoms with E-state index in [0.29, 0.717) is 11.0 Å². The van der Waals surface area contributed by atoms with Crippen LogP contribution in [0, 0.1) is 5.82 Å². The third-order valence-corrected chi connectivity index (χ3v) is 3.33. The molecular formula is C15H13BrFNO2. The first-order chi connectivity index (χ1) is 9.47. The van der Waals surface area contributed by atoms with Gasteiger partial charge in [0.25, 0.3) is 5.91 Å². The molecule has 20 heavy (non-hydrogen) atoms.